The lowest BCUT2D eigenvalue weighted by atomic mass is 9.44. The smallest absolute Gasteiger partial charge is 0.302 e. The molecule has 2 saturated heterocycles. The maximum atomic E-state index is 13.2. The van der Waals surface area contributed by atoms with Crippen LogP contribution in [0.15, 0.2) is 0 Å². The predicted octanol–water partition coefficient (Wildman–Crippen LogP) is 5.54. The molecule has 0 aromatic carbocycles. The molecule has 4 aliphatic carbocycles. The molecule has 6 rings (SSSR count). The second kappa shape index (κ2) is 7.78. The molecule has 0 amide bonds. The molecule has 0 radical (unpaired) electrons. The van der Waals surface area contributed by atoms with Gasteiger partial charge in [-0.25, -0.2) is 0 Å². The Morgan fingerprint density at radius 3 is 2.50 bits per heavy atom. The van der Waals surface area contributed by atoms with E-state index in [0.29, 0.717) is 42.1 Å². The Balaban J connectivity index is 1.22. The van der Waals surface area contributed by atoms with Crippen molar-refractivity contribution < 1.29 is 23.8 Å². The zero-order chi connectivity index (χ0) is 24.0. The Morgan fingerprint density at radius 1 is 1.00 bits per heavy atom. The van der Waals surface area contributed by atoms with Crippen molar-refractivity contribution >= 4 is 11.8 Å². The molecule has 5 heteroatoms. The van der Waals surface area contributed by atoms with Crippen molar-refractivity contribution in [3.63, 3.8) is 0 Å². The average Bonchev–Trinajstić information content (AvgIpc) is 3.22. The summed E-state index contributed by atoms with van der Waals surface area (Å²) in [6, 6.07) is 0. The Morgan fingerprint density at radius 2 is 1.76 bits per heavy atom. The second-order valence-corrected chi connectivity index (χ2v) is 13.6. The number of hydrogen-bond acceptors (Lipinski definition) is 5. The normalized spacial score (nSPS) is 56.4. The standard InChI is InChI=1S/C29H44O5/c1-16-12-25(31)29(32-15-16)17(2)26-24(34-29)14-23-21-7-6-19-13-20(33-18(3)30)8-10-27(19,4)22(21)9-11-28(23,26)5/h16-17,19-24,26H,6-15H2,1-5H3/t16-,17-,19+,20-,21+,22-,23-,24-,26-,27-,28-,29-/m0/s1. The van der Waals surface area contributed by atoms with E-state index < -0.39 is 5.79 Å². The van der Waals surface area contributed by atoms with E-state index in [1.807, 2.05) is 0 Å². The van der Waals surface area contributed by atoms with E-state index in [4.69, 9.17) is 14.2 Å². The summed E-state index contributed by atoms with van der Waals surface area (Å²) in [7, 11) is 0. The minimum Gasteiger partial charge on any atom is -0.463 e. The van der Waals surface area contributed by atoms with Crippen LogP contribution in [0.3, 0.4) is 0 Å². The Labute approximate surface area is 205 Å². The number of hydrogen-bond donors (Lipinski definition) is 0. The molecule has 4 saturated carbocycles. The number of fused-ring (bicyclic) bond motifs is 7. The van der Waals surface area contributed by atoms with Crippen molar-refractivity contribution in [1.29, 1.82) is 0 Å². The number of Topliss-reactive ketones (excluding diaryl/α,β-unsaturated/α-hetero) is 1. The number of ether oxygens (including phenoxy) is 3. The monoisotopic (exact) mass is 472 g/mol. The fourth-order valence-electron chi connectivity index (χ4n) is 10.5. The van der Waals surface area contributed by atoms with Crippen molar-refractivity contribution in [2.45, 2.75) is 110 Å². The zero-order valence-corrected chi connectivity index (χ0v) is 21.8. The van der Waals surface area contributed by atoms with E-state index in [2.05, 4.69) is 27.7 Å². The maximum Gasteiger partial charge on any atom is 0.302 e. The van der Waals surface area contributed by atoms with Gasteiger partial charge in [0.2, 0.25) is 5.79 Å². The molecule has 12 atom stereocenters. The quantitative estimate of drug-likeness (QED) is 0.469. The molecule has 2 heterocycles. The molecule has 0 N–H and O–H groups in total. The van der Waals surface area contributed by atoms with Crippen LogP contribution in [0, 0.1) is 52.3 Å². The lowest BCUT2D eigenvalue weighted by molar-refractivity contribution is -0.252. The molecule has 0 aromatic heterocycles. The molecule has 0 aromatic rings. The third-order valence-electron chi connectivity index (χ3n) is 12.0. The Bertz CT molecular complexity index is 871. The van der Waals surface area contributed by atoms with Gasteiger partial charge >= 0.3 is 5.97 Å². The van der Waals surface area contributed by atoms with Crippen LogP contribution in [-0.2, 0) is 23.8 Å². The molecule has 190 valence electrons. The number of carbonyl (C=O) groups excluding carboxylic acids is 2. The van der Waals surface area contributed by atoms with Crippen LogP contribution >= 0.6 is 0 Å². The largest absolute Gasteiger partial charge is 0.463 e. The SMILES string of the molecule is CC(=O)O[C@H]1CC[C@@]2(C)[C@H](CC[C@@H]3[C@@H]2CC[C@]2(C)[C@@H]4[C@H](C[C@@H]32)O[C@@]2(OC[C@@H](C)CC2=O)[C@H]4C)C1. The van der Waals surface area contributed by atoms with Crippen LogP contribution in [0.5, 0.6) is 0 Å². The van der Waals surface area contributed by atoms with Gasteiger partial charge in [0, 0.05) is 19.3 Å². The lowest BCUT2D eigenvalue weighted by Gasteiger charge is -2.61. The summed E-state index contributed by atoms with van der Waals surface area (Å²) in [5.74, 6) is 2.79. The summed E-state index contributed by atoms with van der Waals surface area (Å²) in [4.78, 5) is 24.7. The summed E-state index contributed by atoms with van der Waals surface area (Å²) < 4.78 is 18.6. The van der Waals surface area contributed by atoms with Crippen LogP contribution in [0.1, 0.15) is 92.4 Å². The molecule has 0 unspecified atom stereocenters. The topological polar surface area (TPSA) is 61.8 Å². The lowest BCUT2D eigenvalue weighted by Crippen LogP contribution is -2.56. The van der Waals surface area contributed by atoms with Gasteiger partial charge in [0.15, 0.2) is 5.78 Å². The molecule has 34 heavy (non-hydrogen) atoms. The minimum atomic E-state index is -0.981. The minimum absolute atomic E-state index is 0.119. The van der Waals surface area contributed by atoms with Gasteiger partial charge in [-0.1, -0.05) is 27.7 Å². The molecular weight excluding hydrogens is 428 g/mol. The Kier molecular flexibility index (Phi) is 5.37. The van der Waals surface area contributed by atoms with Crippen LogP contribution in [0.2, 0.25) is 0 Å². The molecule has 6 fully saturated rings. The first-order valence-corrected chi connectivity index (χ1v) is 14.1. The third-order valence-corrected chi connectivity index (χ3v) is 12.0. The van der Waals surface area contributed by atoms with Crippen LogP contribution in [0.4, 0.5) is 0 Å². The van der Waals surface area contributed by atoms with E-state index in [1.54, 1.807) is 6.92 Å². The number of rotatable bonds is 1. The van der Waals surface area contributed by atoms with E-state index in [-0.39, 0.29) is 35.3 Å². The highest BCUT2D eigenvalue weighted by Crippen LogP contribution is 2.71. The summed E-state index contributed by atoms with van der Waals surface area (Å²) in [5, 5.41) is 0. The summed E-state index contributed by atoms with van der Waals surface area (Å²) >= 11 is 0. The highest BCUT2D eigenvalue weighted by molar-refractivity contribution is 5.87. The van der Waals surface area contributed by atoms with E-state index >= 15 is 0 Å². The highest BCUT2D eigenvalue weighted by Gasteiger charge is 2.70. The van der Waals surface area contributed by atoms with Crippen molar-refractivity contribution in [2.24, 2.45) is 52.3 Å². The molecule has 6 aliphatic rings. The first-order chi connectivity index (χ1) is 16.1. The van der Waals surface area contributed by atoms with Gasteiger partial charge in [-0.15, -0.1) is 0 Å². The molecule has 2 aliphatic heterocycles. The van der Waals surface area contributed by atoms with Gasteiger partial charge in [0.05, 0.1) is 12.7 Å². The second-order valence-electron chi connectivity index (χ2n) is 13.6. The fourth-order valence-corrected chi connectivity index (χ4v) is 10.5. The van der Waals surface area contributed by atoms with Gasteiger partial charge < -0.3 is 14.2 Å². The van der Waals surface area contributed by atoms with Crippen molar-refractivity contribution in [3.05, 3.63) is 0 Å². The molecule has 1 spiro atoms. The van der Waals surface area contributed by atoms with E-state index in [0.717, 1.165) is 31.1 Å². The molecular formula is C29H44O5. The Hall–Kier alpha value is -0.940. The summed E-state index contributed by atoms with van der Waals surface area (Å²) in [6.45, 7) is 11.6. The fraction of sp³-hybridized carbons (Fsp3) is 0.931. The summed E-state index contributed by atoms with van der Waals surface area (Å²) in [6.07, 6.45) is 10.3. The van der Waals surface area contributed by atoms with Gasteiger partial charge in [-0.2, -0.15) is 0 Å². The average molecular weight is 473 g/mol. The first kappa shape index (κ1) is 23.5. The first-order valence-electron chi connectivity index (χ1n) is 14.1. The molecule has 0 bridgehead atoms. The zero-order valence-electron chi connectivity index (χ0n) is 21.8. The van der Waals surface area contributed by atoms with Crippen LogP contribution in [0.25, 0.3) is 0 Å². The highest BCUT2D eigenvalue weighted by atomic mass is 16.7. The van der Waals surface area contributed by atoms with Gasteiger partial charge in [-0.3, -0.25) is 9.59 Å². The van der Waals surface area contributed by atoms with Crippen LogP contribution in [-0.4, -0.2) is 36.4 Å². The van der Waals surface area contributed by atoms with Gasteiger partial charge in [-0.05, 0) is 97.7 Å². The van der Waals surface area contributed by atoms with Crippen molar-refractivity contribution in [2.75, 3.05) is 6.61 Å². The van der Waals surface area contributed by atoms with Gasteiger partial charge in [0.1, 0.15) is 6.10 Å². The third kappa shape index (κ3) is 3.11. The van der Waals surface area contributed by atoms with E-state index in [9.17, 15) is 9.59 Å². The van der Waals surface area contributed by atoms with Crippen LogP contribution < -0.4 is 0 Å². The summed E-state index contributed by atoms with van der Waals surface area (Å²) in [5.41, 5.74) is 0.602. The number of esters is 1. The molecule has 5 nitrogen and oxygen atoms in total. The van der Waals surface area contributed by atoms with Crippen molar-refractivity contribution in [3.8, 4) is 0 Å². The number of ketones is 1. The van der Waals surface area contributed by atoms with E-state index in [1.165, 1.54) is 32.1 Å². The maximum absolute atomic E-state index is 13.2. The van der Waals surface area contributed by atoms with Crippen molar-refractivity contribution in [1.82, 2.24) is 0 Å². The van der Waals surface area contributed by atoms with Gasteiger partial charge in [0.25, 0.3) is 0 Å². The predicted molar refractivity (Wildman–Crippen MR) is 128 cm³/mol. The number of carbonyl (C=O) groups is 2.